The average molecular weight is 246 g/mol. The van der Waals surface area contributed by atoms with Gasteiger partial charge in [-0.1, -0.05) is 18.2 Å². The Hall–Kier alpha value is -2.04. The number of ether oxygens (including phenoxy) is 1. The molecular weight excluding hydrogens is 232 g/mol. The van der Waals surface area contributed by atoms with Crippen LogP contribution in [0.2, 0.25) is 0 Å². The van der Waals surface area contributed by atoms with Crippen LogP contribution < -0.4 is 4.74 Å². The molecule has 3 rings (SSSR count). The summed E-state index contributed by atoms with van der Waals surface area (Å²) in [5, 5.41) is 0. The van der Waals surface area contributed by atoms with Crippen molar-refractivity contribution in [2.45, 2.75) is 12.0 Å². The zero-order valence-electron chi connectivity index (χ0n) is 10.3. The maximum atomic E-state index is 12.1. The number of urea groups is 1. The number of amides is 3. The Morgan fingerprint density at radius 3 is 2.72 bits per heavy atom. The first-order chi connectivity index (χ1) is 8.56. The molecule has 1 saturated heterocycles. The normalized spacial score (nSPS) is 26.6. The molecule has 3 amide bonds. The van der Waals surface area contributed by atoms with Crippen LogP contribution in [0.15, 0.2) is 24.3 Å². The molecule has 0 bridgehead atoms. The van der Waals surface area contributed by atoms with Crippen LogP contribution in [-0.4, -0.2) is 42.4 Å². The van der Waals surface area contributed by atoms with Gasteiger partial charge in [0, 0.05) is 19.7 Å². The monoisotopic (exact) mass is 246 g/mol. The van der Waals surface area contributed by atoms with Crippen LogP contribution in [0.3, 0.4) is 0 Å². The number of carbonyl (C=O) groups excluding carboxylic acids is 2. The maximum absolute atomic E-state index is 12.1. The van der Waals surface area contributed by atoms with Crippen molar-refractivity contribution in [2.75, 3.05) is 20.7 Å². The van der Waals surface area contributed by atoms with Gasteiger partial charge < -0.3 is 9.64 Å². The van der Waals surface area contributed by atoms with Crippen molar-refractivity contribution in [3.8, 4) is 5.75 Å². The van der Waals surface area contributed by atoms with Gasteiger partial charge in [0.2, 0.25) is 5.91 Å². The molecule has 1 atom stereocenters. The molecule has 94 valence electrons. The highest BCUT2D eigenvalue weighted by Crippen LogP contribution is 2.45. The van der Waals surface area contributed by atoms with E-state index in [4.69, 9.17) is 4.74 Å². The molecule has 0 saturated carbocycles. The van der Waals surface area contributed by atoms with Gasteiger partial charge in [-0.3, -0.25) is 9.69 Å². The van der Waals surface area contributed by atoms with Crippen LogP contribution in [0, 0.1) is 0 Å². The summed E-state index contributed by atoms with van der Waals surface area (Å²) in [7, 11) is 3.23. The lowest BCUT2D eigenvalue weighted by Gasteiger charge is -2.43. The van der Waals surface area contributed by atoms with E-state index in [-0.39, 0.29) is 18.4 Å². The van der Waals surface area contributed by atoms with Gasteiger partial charge in [-0.15, -0.1) is 0 Å². The van der Waals surface area contributed by atoms with E-state index in [1.54, 1.807) is 11.9 Å². The van der Waals surface area contributed by atoms with E-state index in [0.29, 0.717) is 6.61 Å². The number of carbonyl (C=O) groups is 2. The Morgan fingerprint density at radius 1 is 1.22 bits per heavy atom. The predicted octanol–water partition coefficient (Wildman–Crippen LogP) is 1.19. The quantitative estimate of drug-likeness (QED) is 0.691. The molecule has 1 aromatic carbocycles. The summed E-state index contributed by atoms with van der Waals surface area (Å²) in [5.74, 6) is 0.591. The summed E-state index contributed by atoms with van der Waals surface area (Å²) in [6.07, 6.45) is 0.267. The van der Waals surface area contributed by atoms with Gasteiger partial charge in [-0.05, 0) is 6.07 Å². The molecule has 0 aromatic heterocycles. The first-order valence-electron chi connectivity index (χ1n) is 5.83. The molecule has 0 N–H and O–H groups in total. The lowest BCUT2D eigenvalue weighted by Crippen LogP contribution is -2.60. The molecule has 0 radical (unpaired) electrons. The fourth-order valence-electron chi connectivity index (χ4n) is 2.68. The molecular formula is C13H14N2O3. The third-order valence-corrected chi connectivity index (χ3v) is 3.89. The summed E-state index contributed by atoms with van der Waals surface area (Å²) in [6, 6.07) is 7.29. The third kappa shape index (κ3) is 1.21. The Morgan fingerprint density at radius 2 is 1.94 bits per heavy atom. The van der Waals surface area contributed by atoms with Gasteiger partial charge in [-0.2, -0.15) is 0 Å². The highest BCUT2D eigenvalue weighted by molar-refractivity contribution is 5.98. The van der Waals surface area contributed by atoms with Crippen molar-refractivity contribution in [3.63, 3.8) is 0 Å². The summed E-state index contributed by atoms with van der Waals surface area (Å²) >= 11 is 0. The first kappa shape index (κ1) is 11.1. The second-order valence-electron chi connectivity index (χ2n) is 4.79. The molecule has 0 aliphatic carbocycles. The Kier molecular flexibility index (Phi) is 2.14. The number of nitrogens with zero attached hydrogens (tertiary/aromatic N) is 2. The summed E-state index contributed by atoms with van der Waals surface area (Å²) in [4.78, 5) is 26.8. The molecule has 5 nitrogen and oxygen atoms in total. The van der Waals surface area contributed by atoms with Gasteiger partial charge in [-0.25, -0.2) is 4.79 Å². The van der Waals surface area contributed by atoms with Gasteiger partial charge in [0.1, 0.15) is 17.9 Å². The minimum absolute atomic E-state index is 0.168. The summed E-state index contributed by atoms with van der Waals surface area (Å²) in [6.45, 7) is 0.341. The third-order valence-electron chi connectivity index (χ3n) is 3.89. The first-order valence-corrected chi connectivity index (χ1v) is 5.83. The maximum Gasteiger partial charge on any atom is 0.327 e. The van der Waals surface area contributed by atoms with E-state index in [0.717, 1.165) is 16.2 Å². The van der Waals surface area contributed by atoms with E-state index in [1.165, 1.54) is 7.05 Å². The van der Waals surface area contributed by atoms with Gasteiger partial charge in [0.05, 0.1) is 6.42 Å². The number of rotatable bonds is 0. The average Bonchev–Trinajstić information content (AvgIpc) is 2.75. The molecule has 2 aliphatic rings. The van der Waals surface area contributed by atoms with E-state index >= 15 is 0 Å². The van der Waals surface area contributed by atoms with Crippen LogP contribution in [0.25, 0.3) is 0 Å². The van der Waals surface area contributed by atoms with Crippen molar-refractivity contribution in [1.82, 2.24) is 9.80 Å². The Labute approximate surface area is 105 Å². The SMILES string of the molecule is CN1C(=O)CC2(COc3ccccc32)N(C)C1=O. The molecule has 1 aromatic rings. The molecule has 1 fully saturated rings. The van der Waals surface area contributed by atoms with Crippen molar-refractivity contribution in [2.24, 2.45) is 0 Å². The number of fused-ring (bicyclic) bond motifs is 2. The van der Waals surface area contributed by atoms with Crippen LogP contribution in [0.4, 0.5) is 4.79 Å². The van der Waals surface area contributed by atoms with E-state index in [9.17, 15) is 9.59 Å². The number of hydrogen-bond donors (Lipinski definition) is 0. The largest absolute Gasteiger partial charge is 0.490 e. The second kappa shape index (κ2) is 3.48. The molecule has 1 unspecified atom stereocenters. The summed E-state index contributed by atoms with van der Waals surface area (Å²) < 4.78 is 5.63. The highest BCUT2D eigenvalue weighted by Gasteiger charge is 2.52. The number of imide groups is 1. The lowest BCUT2D eigenvalue weighted by molar-refractivity contribution is -0.134. The van der Waals surface area contributed by atoms with Crippen LogP contribution >= 0.6 is 0 Å². The zero-order chi connectivity index (χ0) is 12.9. The fourth-order valence-corrected chi connectivity index (χ4v) is 2.68. The minimum atomic E-state index is -0.642. The number of benzene rings is 1. The van der Waals surface area contributed by atoms with E-state index < -0.39 is 5.54 Å². The van der Waals surface area contributed by atoms with E-state index in [2.05, 4.69) is 0 Å². The lowest BCUT2D eigenvalue weighted by atomic mass is 9.85. The van der Waals surface area contributed by atoms with Crippen molar-refractivity contribution < 1.29 is 14.3 Å². The topological polar surface area (TPSA) is 49.9 Å². The Bertz CT molecular complexity index is 543. The molecule has 18 heavy (non-hydrogen) atoms. The number of para-hydroxylation sites is 1. The second-order valence-corrected chi connectivity index (χ2v) is 4.79. The minimum Gasteiger partial charge on any atom is -0.490 e. The molecule has 5 heteroatoms. The van der Waals surface area contributed by atoms with Crippen LogP contribution in [-0.2, 0) is 10.3 Å². The zero-order valence-corrected chi connectivity index (χ0v) is 10.3. The van der Waals surface area contributed by atoms with Gasteiger partial charge in [0.25, 0.3) is 0 Å². The standard InChI is InChI=1S/C13H14N2O3/c1-14-11(16)7-13(15(2)12(14)17)8-18-10-6-4-3-5-9(10)13/h3-6H,7-8H2,1-2H3. The van der Waals surface area contributed by atoms with Crippen molar-refractivity contribution >= 4 is 11.9 Å². The highest BCUT2D eigenvalue weighted by atomic mass is 16.5. The Balaban J connectivity index is 2.12. The van der Waals surface area contributed by atoms with Crippen molar-refractivity contribution in [3.05, 3.63) is 29.8 Å². The smallest absolute Gasteiger partial charge is 0.327 e. The number of likely N-dealkylation sites (N-methyl/N-ethyl adjacent to an activating group) is 1. The van der Waals surface area contributed by atoms with Crippen LogP contribution in [0.5, 0.6) is 5.75 Å². The number of hydrogen-bond acceptors (Lipinski definition) is 3. The molecule has 2 heterocycles. The van der Waals surface area contributed by atoms with Gasteiger partial charge >= 0.3 is 6.03 Å². The van der Waals surface area contributed by atoms with Crippen molar-refractivity contribution in [1.29, 1.82) is 0 Å². The van der Waals surface area contributed by atoms with E-state index in [1.807, 2.05) is 24.3 Å². The molecule has 2 aliphatic heterocycles. The molecule has 1 spiro atoms. The summed E-state index contributed by atoms with van der Waals surface area (Å²) in [5.41, 5.74) is 0.277. The van der Waals surface area contributed by atoms with Gasteiger partial charge in [0.15, 0.2) is 0 Å². The van der Waals surface area contributed by atoms with Crippen LogP contribution in [0.1, 0.15) is 12.0 Å². The predicted molar refractivity (Wildman–Crippen MR) is 64.2 cm³/mol. The fraction of sp³-hybridized carbons (Fsp3) is 0.385.